The summed E-state index contributed by atoms with van der Waals surface area (Å²) in [5.41, 5.74) is 9.77. The number of benzene rings is 1. The molecule has 3 rings (SSSR count). The minimum absolute atomic E-state index is 0.0513. The molecule has 262 valence electrons. The van der Waals surface area contributed by atoms with Crippen LogP contribution < -0.4 is 16.4 Å². The van der Waals surface area contributed by atoms with Gasteiger partial charge in [0.05, 0.1) is 28.2 Å². The fraction of sp³-hybridized carbons (Fsp3) is 0.594. The van der Waals surface area contributed by atoms with Gasteiger partial charge in [0.25, 0.3) is 0 Å². The van der Waals surface area contributed by atoms with Crippen molar-refractivity contribution in [2.45, 2.75) is 104 Å². The average molecular weight is 686 g/mol. The van der Waals surface area contributed by atoms with Crippen molar-refractivity contribution in [3.05, 3.63) is 41.0 Å². The molecular weight excluding hydrogens is 639 g/mol. The molecule has 6 N–H and O–H groups in total. The van der Waals surface area contributed by atoms with Crippen LogP contribution in [0.3, 0.4) is 0 Å². The molecule has 1 aliphatic heterocycles. The number of aryl methyl sites for hydroxylation is 1. The van der Waals surface area contributed by atoms with Crippen molar-refractivity contribution in [2.75, 3.05) is 13.1 Å². The number of carboxylic acid groups (broad SMARTS) is 1. The number of nitrogens with two attached hydrogens (primary N) is 1. The van der Waals surface area contributed by atoms with Crippen LogP contribution in [0, 0.1) is 12.3 Å². The molecule has 0 spiro atoms. The van der Waals surface area contributed by atoms with Gasteiger partial charge in [0.2, 0.25) is 17.7 Å². The third-order valence-electron chi connectivity index (χ3n) is 7.66. The summed E-state index contributed by atoms with van der Waals surface area (Å²) < 4.78 is 31.7. The summed E-state index contributed by atoms with van der Waals surface area (Å²) in [5, 5.41) is 23.5. The number of hydrogen-bond donors (Lipinski definition) is 5. The second-order valence-electron chi connectivity index (χ2n) is 12.6. The van der Waals surface area contributed by atoms with Crippen LogP contribution in [-0.4, -0.2) is 81.2 Å². The van der Waals surface area contributed by atoms with Crippen LogP contribution in [0.25, 0.3) is 10.4 Å². The molecule has 0 aliphatic carbocycles. The van der Waals surface area contributed by atoms with Gasteiger partial charge in [-0.05, 0) is 49.8 Å². The van der Waals surface area contributed by atoms with Gasteiger partial charge >= 0.3 is 12.1 Å². The molecule has 1 fully saturated rings. The molecule has 2 heterocycles. The lowest BCUT2D eigenvalue weighted by Gasteiger charge is -2.35. The first kappa shape index (κ1) is 39.6. The van der Waals surface area contributed by atoms with E-state index in [2.05, 4.69) is 15.6 Å². The second-order valence-corrected chi connectivity index (χ2v) is 13.5. The Labute approximate surface area is 277 Å². The smallest absolute Gasteiger partial charge is 0.475 e. The Morgan fingerprint density at radius 1 is 1.06 bits per heavy atom. The van der Waals surface area contributed by atoms with Crippen LogP contribution >= 0.6 is 11.3 Å². The first-order valence-corrected chi connectivity index (χ1v) is 16.3. The monoisotopic (exact) mass is 685 g/mol. The molecule has 1 aromatic heterocycles. The number of carboxylic acids is 1. The lowest BCUT2D eigenvalue weighted by atomic mass is 9.85. The number of aliphatic hydroxyl groups is 1. The molecule has 2 aromatic rings. The minimum Gasteiger partial charge on any atom is -0.475 e. The summed E-state index contributed by atoms with van der Waals surface area (Å²) in [6.07, 6.45) is -1.87. The lowest BCUT2D eigenvalue weighted by molar-refractivity contribution is -0.192. The van der Waals surface area contributed by atoms with Crippen LogP contribution in [-0.2, 0) is 19.2 Å². The van der Waals surface area contributed by atoms with Gasteiger partial charge in [0.1, 0.15) is 12.1 Å². The van der Waals surface area contributed by atoms with Gasteiger partial charge in [-0.25, -0.2) is 9.78 Å². The number of aromatic nitrogens is 1. The number of unbranched alkanes of at least 4 members (excludes halogenated alkanes) is 3. The Hall–Kier alpha value is -3.56. The largest absolute Gasteiger partial charge is 0.490 e. The molecule has 15 heteroatoms. The maximum absolute atomic E-state index is 13.7. The first-order chi connectivity index (χ1) is 21.9. The number of β-amino-alcohol motifs (C(OH)–C–C–N with tert-alkyl or cyclic N) is 1. The van der Waals surface area contributed by atoms with E-state index in [1.807, 2.05) is 64.4 Å². The molecule has 47 heavy (non-hydrogen) atoms. The molecule has 1 saturated heterocycles. The third-order valence-corrected chi connectivity index (χ3v) is 8.64. The maximum Gasteiger partial charge on any atom is 0.490 e. The highest BCUT2D eigenvalue weighted by atomic mass is 32.1. The predicted molar refractivity (Wildman–Crippen MR) is 172 cm³/mol. The molecule has 1 aliphatic rings. The van der Waals surface area contributed by atoms with E-state index in [0.717, 1.165) is 47.4 Å². The van der Waals surface area contributed by atoms with E-state index >= 15 is 0 Å². The van der Waals surface area contributed by atoms with E-state index in [4.69, 9.17) is 15.6 Å². The third kappa shape index (κ3) is 12.2. The summed E-state index contributed by atoms with van der Waals surface area (Å²) >= 11 is 1.59. The second kappa shape index (κ2) is 17.6. The number of amides is 3. The Morgan fingerprint density at radius 2 is 1.66 bits per heavy atom. The van der Waals surface area contributed by atoms with E-state index < -0.39 is 35.7 Å². The van der Waals surface area contributed by atoms with Crippen LogP contribution in [0.4, 0.5) is 13.2 Å². The van der Waals surface area contributed by atoms with Crippen molar-refractivity contribution in [3.8, 4) is 10.4 Å². The number of thiazole rings is 1. The van der Waals surface area contributed by atoms with E-state index in [0.29, 0.717) is 13.0 Å². The molecule has 4 unspecified atom stereocenters. The van der Waals surface area contributed by atoms with Gasteiger partial charge in [-0.15, -0.1) is 11.3 Å². The highest BCUT2D eigenvalue weighted by molar-refractivity contribution is 7.13. The van der Waals surface area contributed by atoms with Gasteiger partial charge in [-0.3, -0.25) is 14.4 Å². The standard InChI is InChI=1S/C30H45N5O4S.C2HF3O2/c1-19(21-11-13-22(14-12-21)26-20(2)32-18-40-26)33-28(38)24-16-23(36)17-35(24)29(39)27(30(3,4)5)34-25(37)10-8-6-7-9-15-31;3-2(4,5)1(6)7/h11-14,18-19,23-24,27,36H,6-10,15-17,31H2,1-5H3,(H,33,38)(H,34,37);(H,6,7). The molecular formula is C32H46F3N5O6S. The number of nitrogens with zero attached hydrogens (tertiary/aromatic N) is 2. The summed E-state index contributed by atoms with van der Waals surface area (Å²) in [6.45, 7) is 10.2. The molecule has 11 nitrogen and oxygen atoms in total. The Balaban J connectivity index is 0.000000984. The number of nitrogens with one attached hydrogen (secondary N) is 2. The van der Waals surface area contributed by atoms with E-state index in [1.54, 1.807) is 11.3 Å². The number of rotatable bonds is 12. The normalized spacial score (nSPS) is 17.7. The zero-order valence-corrected chi connectivity index (χ0v) is 28.2. The van der Waals surface area contributed by atoms with Crippen molar-refractivity contribution in [1.82, 2.24) is 20.5 Å². The number of aliphatic hydroxyl groups excluding tert-OH is 1. The van der Waals surface area contributed by atoms with Gasteiger partial charge in [-0.2, -0.15) is 13.2 Å². The first-order valence-electron chi connectivity index (χ1n) is 15.5. The summed E-state index contributed by atoms with van der Waals surface area (Å²) in [6, 6.07) is 6.06. The van der Waals surface area contributed by atoms with Gasteiger partial charge < -0.3 is 31.5 Å². The zero-order valence-electron chi connectivity index (χ0n) is 27.4. The van der Waals surface area contributed by atoms with Crippen molar-refractivity contribution in [1.29, 1.82) is 0 Å². The number of carbonyl (C=O) groups excluding carboxylic acids is 3. The molecule has 0 bridgehead atoms. The Kier molecular flexibility index (Phi) is 14.8. The molecule has 4 atom stereocenters. The van der Waals surface area contributed by atoms with Crippen molar-refractivity contribution in [3.63, 3.8) is 0 Å². The quantitative estimate of drug-likeness (QED) is 0.205. The van der Waals surface area contributed by atoms with Crippen LogP contribution in [0.5, 0.6) is 0 Å². The van der Waals surface area contributed by atoms with Crippen molar-refractivity contribution >= 4 is 35.0 Å². The average Bonchev–Trinajstić information content (AvgIpc) is 3.60. The molecule has 0 saturated carbocycles. The summed E-state index contributed by atoms with van der Waals surface area (Å²) in [4.78, 5) is 55.6. The Morgan fingerprint density at radius 3 is 2.17 bits per heavy atom. The van der Waals surface area contributed by atoms with Crippen molar-refractivity contribution < 1.29 is 42.6 Å². The number of likely N-dealkylation sites (tertiary alicyclic amines) is 1. The SMILES string of the molecule is Cc1ncsc1-c1ccc(C(C)NC(=O)C2CC(O)CN2C(=O)C(NC(=O)CCCCCCN)C(C)(C)C)cc1.O=C(O)C(F)(F)F. The van der Waals surface area contributed by atoms with Crippen molar-refractivity contribution in [2.24, 2.45) is 11.1 Å². The van der Waals surface area contributed by atoms with Gasteiger partial charge in [0.15, 0.2) is 0 Å². The van der Waals surface area contributed by atoms with E-state index in [-0.39, 0.29) is 36.7 Å². The van der Waals surface area contributed by atoms with Crippen LogP contribution in [0.2, 0.25) is 0 Å². The molecule has 1 aromatic carbocycles. The highest BCUT2D eigenvalue weighted by Gasteiger charge is 2.44. The maximum atomic E-state index is 13.7. The topological polar surface area (TPSA) is 175 Å². The van der Waals surface area contributed by atoms with E-state index in [1.165, 1.54) is 4.90 Å². The molecule has 3 amide bonds. The highest BCUT2D eigenvalue weighted by Crippen LogP contribution is 2.29. The number of aliphatic carboxylic acids is 1. The summed E-state index contributed by atoms with van der Waals surface area (Å²) in [7, 11) is 0. The lowest BCUT2D eigenvalue weighted by Crippen LogP contribution is -2.57. The fourth-order valence-corrected chi connectivity index (χ4v) is 5.84. The Bertz CT molecular complexity index is 1350. The van der Waals surface area contributed by atoms with Crippen LogP contribution in [0.1, 0.15) is 83.5 Å². The predicted octanol–water partition coefficient (Wildman–Crippen LogP) is 4.33. The van der Waals surface area contributed by atoms with E-state index in [9.17, 15) is 32.7 Å². The fourth-order valence-electron chi connectivity index (χ4n) is 5.03. The van der Waals surface area contributed by atoms with Gasteiger partial charge in [-0.1, -0.05) is 57.9 Å². The number of hydrogen-bond acceptors (Lipinski definition) is 8. The minimum atomic E-state index is -5.08. The van der Waals surface area contributed by atoms with Crippen LogP contribution in [0.15, 0.2) is 29.8 Å². The zero-order chi connectivity index (χ0) is 35.5. The number of alkyl halides is 3. The number of halogens is 3. The summed E-state index contributed by atoms with van der Waals surface area (Å²) in [5.74, 6) is -3.61. The number of carbonyl (C=O) groups is 4. The molecule has 0 radical (unpaired) electrons. The van der Waals surface area contributed by atoms with Gasteiger partial charge in [0, 0.05) is 19.4 Å².